The number of H-pyrrole nitrogens is 1. The molecular formula is C15H15NO3. The Morgan fingerprint density at radius 1 is 1.32 bits per heavy atom. The van der Waals surface area contributed by atoms with Gasteiger partial charge in [0.05, 0.1) is 24.1 Å². The van der Waals surface area contributed by atoms with Gasteiger partial charge in [-0.25, -0.2) is 4.79 Å². The normalized spacial score (nSPS) is 10.2. The molecule has 0 aliphatic heterocycles. The van der Waals surface area contributed by atoms with E-state index in [9.17, 15) is 9.59 Å². The zero-order valence-corrected chi connectivity index (χ0v) is 10.9. The standard InChI is InChI=1S/C15H15NO3/c1-3-11-13(15(18)19-2)12(9-17)16-14(11)10-7-5-4-6-8-10/h4-9,16H,3H2,1-2H3. The van der Waals surface area contributed by atoms with Crippen molar-refractivity contribution in [2.45, 2.75) is 13.3 Å². The van der Waals surface area contributed by atoms with E-state index in [4.69, 9.17) is 4.74 Å². The van der Waals surface area contributed by atoms with Crippen molar-refractivity contribution in [1.29, 1.82) is 0 Å². The monoisotopic (exact) mass is 257 g/mol. The highest BCUT2D eigenvalue weighted by Crippen LogP contribution is 2.28. The van der Waals surface area contributed by atoms with Crippen LogP contribution in [0.5, 0.6) is 0 Å². The summed E-state index contributed by atoms with van der Waals surface area (Å²) >= 11 is 0. The molecule has 0 amide bonds. The fraction of sp³-hybridized carbons (Fsp3) is 0.200. The average Bonchev–Trinajstić information content (AvgIpc) is 2.85. The van der Waals surface area contributed by atoms with E-state index in [1.165, 1.54) is 7.11 Å². The fourth-order valence-corrected chi connectivity index (χ4v) is 2.19. The van der Waals surface area contributed by atoms with Gasteiger partial charge in [0.25, 0.3) is 0 Å². The third-order valence-corrected chi connectivity index (χ3v) is 3.06. The van der Waals surface area contributed by atoms with Crippen LogP contribution in [-0.2, 0) is 11.2 Å². The summed E-state index contributed by atoms with van der Waals surface area (Å²) in [5.41, 5.74) is 3.14. The SMILES string of the molecule is CCc1c(-c2ccccc2)[nH]c(C=O)c1C(=O)OC. The molecule has 0 aliphatic carbocycles. The minimum Gasteiger partial charge on any atom is -0.465 e. The quantitative estimate of drug-likeness (QED) is 0.676. The van der Waals surface area contributed by atoms with Crippen molar-refractivity contribution in [3.8, 4) is 11.3 Å². The number of rotatable bonds is 4. The number of methoxy groups -OCH3 is 1. The van der Waals surface area contributed by atoms with Crippen molar-refractivity contribution in [1.82, 2.24) is 4.98 Å². The maximum Gasteiger partial charge on any atom is 0.340 e. The summed E-state index contributed by atoms with van der Waals surface area (Å²) in [6, 6.07) is 9.60. The Morgan fingerprint density at radius 3 is 2.53 bits per heavy atom. The van der Waals surface area contributed by atoms with Gasteiger partial charge in [-0.3, -0.25) is 4.79 Å². The van der Waals surface area contributed by atoms with Crippen LogP contribution in [0.2, 0.25) is 0 Å². The predicted molar refractivity (Wildman–Crippen MR) is 72.3 cm³/mol. The number of esters is 1. The van der Waals surface area contributed by atoms with Crippen molar-refractivity contribution < 1.29 is 14.3 Å². The zero-order chi connectivity index (χ0) is 13.8. The lowest BCUT2D eigenvalue weighted by atomic mass is 10.0. The van der Waals surface area contributed by atoms with Crippen LogP contribution in [0.15, 0.2) is 30.3 Å². The molecule has 1 heterocycles. The van der Waals surface area contributed by atoms with Gasteiger partial charge < -0.3 is 9.72 Å². The molecule has 0 spiro atoms. The van der Waals surface area contributed by atoms with Crippen molar-refractivity contribution >= 4 is 12.3 Å². The molecule has 0 saturated carbocycles. The average molecular weight is 257 g/mol. The Bertz CT molecular complexity index is 599. The third kappa shape index (κ3) is 2.29. The Morgan fingerprint density at radius 2 is 2.00 bits per heavy atom. The van der Waals surface area contributed by atoms with Gasteiger partial charge in [-0.2, -0.15) is 0 Å². The molecule has 98 valence electrons. The summed E-state index contributed by atoms with van der Waals surface area (Å²) in [5.74, 6) is -0.489. The lowest BCUT2D eigenvalue weighted by Crippen LogP contribution is -2.06. The molecule has 0 fully saturated rings. The van der Waals surface area contributed by atoms with Gasteiger partial charge in [0.1, 0.15) is 0 Å². The first-order valence-electron chi connectivity index (χ1n) is 6.06. The Kier molecular flexibility index (Phi) is 3.80. The van der Waals surface area contributed by atoms with Crippen LogP contribution < -0.4 is 0 Å². The van der Waals surface area contributed by atoms with Gasteiger partial charge in [-0.05, 0) is 17.5 Å². The summed E-state index contributed by atoms with van der Waals surface area (Å²) in [6.45, 7) is 1.94. The number of carbonyl (C=O) groups is 2. The van der Waals surface area contributed by atoms with Gasteiger partial charge >= 0.3 is 5.97 Å². The number of hydrogen-bond acceptors (Lipinski definition) is 3. The minimum atomic E-state index is -0.489. The van der Waals surface area contributed by atoms with Gasteiger partial charge in [0, 0.05) is 0 Å². The molecule has 0 saturated heterocycles. The summed E-state index contributed by atoms with van der Waals surface area (Å²) in [4.78, 5) is 26.0. The largest absolute Gasteiger partial charge is 0.465 e. The van der Waals surface area contributed by atoms with Crippen molar-refractivity contribution in [3.05, 3.63) is 47.2 Å². The molecule has 2 rings (SSSR count). The van der Waals surface area contributed by atoms with E-state index in [2.05, 4.69) is 4.98 Å². The lowest BCUT2D eigenvalue weighted by Gasteiger charge is -2.04. The molecule has 1 aromatic carbocycles. The summed E-state index contributed by atoms with van der Waals surface area (Å²) in [5, 5.41) is 0. The van der Waals surface area contributed by atoms with Gasteiger partial charge in [-0.15, -0.1) is 0 Å². The lowest BCUT2D eigenvalue weighted by molar-refractivity contribution is 0.0597. The molecule has 4 heteroatoms. The van der Waals surface area contributed by atoms with E-state index in [-0.39, 0.29) is 5.69 Å². The Hall–Kier alpha value is -2.36. The fourth-order valence-electron chi connectivity index (χ4n) is 2.19. The van der Waals surface area contributed by atoms with Crippen LogP contribution in [0.1, 0.15) is 33.3 Å². The Balaban J connectivity index is 2.67. The molecule has 1 aromatic heterocycles. The van der Waals surface area contributed by atoms with E-state index >= 15 is 0 Å². The number of ether oxygens (including phenoxy) is 1. The maximum absolute atomic E-state index is 11.8. The molecule has 0 unspecified atom stereocenters. The number of carbonyl (C=O) groups excluding carboxylic acids is 2. The Labute approximate surface area is 111 Å². The second-order valence-electron chi connectivity index (χ2n) is 4.10. The van der Waals surface area contributed by atoms with Crippen molar-refractivity contribution in [2.75, 3.05) is 7.11 Å². The van der Waals surface area contributed by atoms with Crippen LogP contribution in [0.3, 0.4) is 0 Å². The van der Waals surface area contributed by atoms with Crippen LogP contribution in [-0.4, -0.2) is 24.3 Å². The zero-order valence-electron chi connectivity index (χ0n) is 10.9. The molecule has 19 heavy (non-hydrogen) atoms. The van der Waals surface area contributed by atoms with Gasteiger partial charge in [-0.1, -0.05) is 37.3 Å². The van der Waals surface area contributed by atoms with E-state index in [0.29, 0.717) is 18.3 Å². The van der Waals surface area contributed by atoms with E-state index in [1.54, 1.807) is 0 Å². The number of aldehydes is 1. The van der Waals surface area contributed by atoms with Crippen LogP contribution in [0.4, 0.5) is 0 Å². The smallest absolute Gasteiger partial charge is 0.340 e. The first kappa shape index (κ1) is 13.1. The molecule has 4 nitrogen and oxygen atoms in total. The first-order chi connectivity index (χ1) is 9.22. The van der Waals surface area contributed by atoms with Gasteiger partial charge in [0.2, 0.25) is 0 Å². The second kappa shape index (κ2) is 5.52. The third-order valence-electron chi connectivity index (χ3n) is 3.06. The molecule has 2 aromatic rings. The highest BCUT2D eigenvalue weighted by molar-refractivity contribution is 6.01. The highest BCUT2D eigenvalue weighted by Gasteiger charge is 2.22. The summed E-state index contributed by atoms with van der Waals surface area (Å²) in [7, 11) is 1.31. The van der Waals surface area contributed by atoms with Crippen molar-refractivity contribution in [3.63, 3.8) is 0 Å². The minimum absolute atomic E-state index is 0.266. The summed E-state index contributed by atoms with van der Waals surface area (Å²) in [6.07, 6.45) is 1.29. The number of benzene rings is 1. The highest BCUT2D eigenvalue weighted by atomic mass is 16.5. The molecule has 0 bridgehead atoms. The van der Waals surface area contributed by atoms with E-state index in [0.717, 1.165) is 16.8 Å². The van der Waals surface area contributed by atoms with Crippen molar-refractivity contribution in [2.24, 2.45) is 0 Å². The predicted octanol–water partition coefficient (Wildman–Crippen LogP) is 2.84. The second-order valence-corrected chi connectivity index (χ2v) is 4.10. The molecular weight excluding hydrogens is 242 g/mol. The summed E-state index contributed by atoms with van der Waals surface area (Å²) < 4.78 is 4.75. The number of nitrogens with one attached hydrogen (secondary N) is 1. The molecule has 0 radical (unpaired) electrons. The first-order valence-corrected chi connectivity index (χ1v) is 6.06. The number of hydrogen-bond donors (Lipinski definition) is 1. The number of aromatic amines is 1. The van der Waals surface area contributed by atoms with Crippen LogP contribution in [0, 0.1) is 0 Å². The van der Waals surface area contributed by atoms with E-state index in [1.807, 2.05) is 37.3 Å². The maximum atomic E-state index is 11.8. The van der Waals surface area contributed by atoms with Crippen LogP contribution in [0.25, 0.3) is 11.3 Å². The topological polar surface area (TPSA) is 59.2 Å². The van der Waals surface area contributed by atoms with Gasteiger partial charge in [0.15, 0.2) is 6.29 Å². The molecule has 0 aliphatic rings. The number of aromatic nitrogens is 1. The van der Waals surface area contributed by atoms with Crippen LogP contribution >= 0.6 is 0 Å². The molecule has 1 N–H and O–H groups in total. The molecule has 0 atom stereocenters. The van der Waals surface area contributed by atoms with E-state index < -0.39 is 5.97 Å².